The molecule has 1 atom stereocenters. The van der Waals surface area contributed by atoms with Crippen molar-refractivity contribution in [3.8, 4) is 5.75 Å². The molecule has 5 aromatic rings. The van der Waals surface area contributed by atoms with Gasteiger partial charge in [-0.2, -0.15) is 5.10 Å². The second-order valence-electron chi connectivity index (χ2n) is 10.8. The van der Waals surface area contributed by atoms with Crippen LogP contribution in [-0.2, 0) is 17.6 Å². The molecule has 2 amide bonds. The molecule has 5 N–H and O–H groups in total. The summed E-state index contributed by atoms with van der Waals surface area (Å²) >= 11 is 1.72. The van der Waals surface area contributed by atoms with Crippen molar-refractivity contribution in [2.75, 3.05) is 24.6 Å². The second-order valence-corrected chi connectivity index (χ2v) is 11.8. The van der Waals surface area contributed by atoms with Gasteiger partial charge in [0, 0.05) is 16.9 Å². The standard InChI is InChI=1S/C27H33N5O2S.C8H8O3/c1-4-34-25-8-6-5-7-24(25)32(27(28)33)22-9-10-26-23(15-22)21(18-35-26)12-14-29-13-11-20-16-30-31(17-20)19(2)3;9-7(8(10)11)6-4-2-1-3-5-6/h5-10,15-19,29H,4,11-14H2,1-3H3,(H2,28,33);1-5,7,9H,(H,10,11). The number of para-hydroxylation sites is 2. The van der Waals surface area contributed by atoms with E-state index in [0.29, 0.717) is 29.6 Å². The van der Waals surface area contributed by atoms with E-state index in [2.05, 4.69) is 48.0 Å². The predicted molar refractivity (Wildman–Crippen MR) is 183 cm³/mol. The molecule has 10 nitrogen and oxygen atoms in total. The summed E-state index contributed by atoms with van der Waals surface area (Å²) in [6, 6.07) is 21.6. The van der Waals surface area contributed by atoms with E-state index < -0.39 is 18.1 Å². The Morgan fingerprint density at radius 3 is 2.43 bits per heavy atom. The van der Waals surface area contributed by atoms with Gasteiger partial charge in [-0.25, -0.2) is 9.59 Å². The van der Waals surface area contributed by atoms with E-state index in [1.165, 1.54) is 20.7 Å². The number of aliphatic hydroxyl groups is 1. The summed E-state index contributed by atoms with van der Waals surface area (Å²) in [7, 11) is 0. The van der Waals surface area contributed by atoms with Crippen LogP contribution in [0.3, 0.4) is 0 Å². The number of urea groups is 1. The molecule has 0 spiro atoms. The fourth-order valence-electron chi connectivity index (χ4n) is 4.85. The Morgan fingerprint density at radius 1 is 1.04 bits per heavy atom. The molecule has 2 heterocycles. The Morgan fingerprint density at radius 2 is 1.76 bits per heavy atom. The summed E-state index contributed by atoms with van der Waals surface area (Å²) in [5.74, 6) is -0.598. The van der Waals surface area contributed by atoms with Crippen LogP contribution in [0.15, 0.2) is 90.6 Å². The lowest BCUT2D eigenvalue weighted by molar-refractivity contribution is -0.146. The normalized spacial score (nSPS) is 11.6. The van der Waals surface area contributed by atoms with Gasteiger partial charge < -0.3 is 26.0 Å². The van der Waals surface area contributed by atoms with Crippen molar-refractivity contribution in [3.63, 3.8) is 0 Å². The largest absolute Gasteiger partial charge is 0.492 e. The zero-order chi connectivity index (χ0) is 33.1. The maximum atomic E-state index is 12.5. The number of primary amides is 1. The number of aromatic nitrogens is 2. The molecule has 0 aliphatic heterocycles. The number of carboxylic acid groups (broad SMARTS) is 1. The van der Waals surface area contributed by atoms with Gasteiger partial charge in [-0.15, -0.1) is 11.3 Å². The highest BCUT2D eigenvalue weighted by Crippen LogP contribution is 2.37. The minimum Gasteiger partial charge on any atom is -0.492 e. The quantitative estimate of drug-likeness (QED) is 0.108. The third-order valence-corrected chi connectivity index (χ3v) is 8.23. The van der Waals surface area contributed by atoms with Crippen molar-refractivity contribution < 1.29 is 24.5 Å². The SMILES string of the molecule is CCOc1ccccc1N(C(N)=O)c1ccc2scc(CCNCCc3cnn(C(C)C)c3)c2c1.O=C(O)C(O)c1ccccc1. The Balaban J connectivity index is 0.000000369. The van der Waals surface area contributed by atoms with Crippen molar-refractivity contribution in [2.45, 2.75) is 45.8 Å². The average molecular weight is 644 g/mol. The average Bonchev–Trinajstić information content (AvgIpc) is 3.69. The number of thiophene rings is 1. The molecule has 242 valence electrons. The number of hydrogen-bond donors (Lipinski definition) is 4. The van der Waals surface area contributed by atoms with Gasteiger partial charge in [-0.1, -0.05) is 42.5 Å². The van der Waals surface area contributed by atoms with Gasteiger partial charge in [0.05, 0.1) is 24.2 Å². The molecule has 0 fully saturated rings. The first-order valence-corrected chi connectivity index (χ1v) is 16.1. The summed E-state index contributed by atoms with van der Waals surface area (Å²) < 4.78 is 8.93. The first kappa shape index (κ1) is 34.2. The van der Waals surface area contributed by atoms with Crippen molar-refractivity contribution in [2.24, 2.45) is 5.73 Å². The maximum Gasteiger partial charge on any atom is 0.337 e. The third kappa shape index (κ3) is 8.94. The number of nitrogens with zero attached hydrogens (tertiary/aromatic N) is 3. The van der Waals surface area contributed by atoms with Crippen molar-refractivity contribution in [1.29, 1.82) is 0 Å². The Labute approximate surface area is 273 Å². The summed E-state index contributed by atoms with van der Waals surface area (Å²) in [5.41, 5.74) is 10.1. The zero-order valence-corrected chi connectivity index (χ0v) is 27.1. The summed E-state index contributed by atoms with van der Waals surface area (Å²) in [4.78, 5) is 24.3. The lowest BCUT2D eigenvalue weighted by atomic mass is 10.1. The van der Waals surface area contributed by atoms with Crippen molar-refractivity contribution >= 4 is 44.8 Å². The number of aliphatic hydroxyl groups excluding tert-OH is 1. The summed E-state index contributed by atoms with van der Waals surface area (Å²) in [6.45, 7) is 8.46. The minimum atomic E-state index is -1.41. The smallest absolute Gasteiger partial charge is 0.337 e. The Kier molecular flexibility index (Phi) is 12.3. The van der Waals surface area contributed by atoms with Gasteiger partial charge >= 0.3 is 12.0 Å². The number of ether oxygens (including phenoxy) is 1. The molecule has 2 aromatic heterocycles. The van der Waals surface area contributed by atoms with Crippen molar-refractivity contribution in [3.05, 3.63) is 107 Å². The topological polar surface area (TPSA) is 143 Å². The van der Waals surface area contributed by atoms with Gasteiger partial charge in [0.1, 0.15) is 5.75 Å². The summed E-state index contributed by atoms with van der Waals surface area (Å²) in [5, 5.41) is 28.7. The second kappa shape index (κ2) is 16.6. The number of carbonyl (C=O) groups excluding carboxylic acids is 1. The molecule has 0 aliphatic rings. The van der Waals surface area contributed by atoms with Crippen LogP contribution in [0.1, 0.15) is 49.6 Å². The number of nitrogens with two attached hydrogens (primary N) is 1. The fraction of sp³-hybridized carbons (Fsp3) is 0.286. The number of amides is 2. The number of benzene rings is 3. The first-order valence-electron chi connectivity index (χ1n) is 15.2. The van der Waals surface area contributed by atoms with E-state index in [-0.39, 0.29) is 0 Å². The van der Waals surface area contributed by atoms with Crippen LogP contribution in [0.5, 0.6) is 5.75 Å². The maximum absolute atomic E-state index is 12.5. The number of hydrogen-bond acceptors (Lipinski definition) is 7. The molecule has 46 heavy (non-hydrogen) atoms. The predicted octanol–water partition coefficient (Wildman–Crippen LogP) is 6.47. The highest BCUT2D eigenvalue weighted by Gasteiger charge is 2.20. The molecular formula is C35H41N5O5S. The number of anilines is 2. The highest BCUT2D eigenvalue weighted by atomic mass is 32.1. The van der Waals surface area contributed by atoms with E-state index >= 15 is 0 Å². The number of rotatable bonds is 13. The molecule has 0 radical (unpaired) electrons. The van der Waals surface area contributed by atoms with Crippen LogP contribution in [0.4, 0.5) is 16.2 Å². The lowest BCUT2D eigenvalue weighted by Gasteiger charge is -2.23. The van der Waals surface area contributed by atoms with E-state index in [1.807, 2.05) is 48.1 Å². The molecule has 5 rings (SSSR count). The van der Waals surface area contributed by atoms with Crippen LogP contribution in [0.2, 0.25) is 0 Å². The number of nitrogens with one attached hydrogen (secondary N) is 1. The van der Waals surface area contributed by atoms with Gasteiger partial charge in [0.25, 0.3) is 0 Å². The molecule has 0 bridgehead atoms. The molecule has 0 saturated carbocycles. The van der Waals surface area contributed by atoms with Crippen LogP contribution in [0, 0.1) is 0 Å². The van der Waals surface area contributed by atoms with Gasteiger partial charge in [-0.05, 0) is 104 Å². The Bertz CT molecular complexity index is 1720. The molecular weight excluding hydrogens is 602 g/mol. The summed E-state index contributed by atoms with van der Waals surface area (Å²) in [6.07, 6.45) is 4.52. The molecule has 0 saturated heterocycles. The fourth-order valence-corrected chi connectivity index (χ4v) is 5.83. The number of carbonyl (C=O) groups is 2. The number of fused-ring (bicyclic) bond motifs is 1. The highest BCUT2D eigenvalue weighted by molar-refractivity contribution is 7.17. The van der Waals surface area contributed by atoms with Gasteiger partial charge in [0.2, 0.25) is 0 Å². The molecule has 11 heteroatoms. The van der Waals surface area contributed by atoms with E-state index in [9.17, 15) is 9.59 Å². The van der Waals surface area contributed by atoms with Gasteiger partial charge in [0.15, 0.2) is 6.10 Å². The van der Waals surface area contributed by atoms with Crippen LogP contribution >= 0.6 is 11.3 Å². The molecule has 0 aliphatic carbocycles. The van der Waals surface area contributed by atoms with E-state index in [1.54, 1.807) is 41.7 Å². The van der Waals surface area contributed by atoms with Crippen LogP contribution in [-0.4, -0.2) is 51.7 Å². The monoisotopic (exact) mass is 643 g/mol. The van der Waals surface area contributed by atoms with Crippen LogP contribution < -0.4 is 20.7 Å². The minimum absolute atomic E-state index is 0.381. The Hall–Kier alpha value is -4.71. The molecule has 1 unspecified atom stereocenters. The molecule has 3 aromatic carbocycles. The lowest BCUT2D eigenvalue weighted by Crippen LogP contribution is -2.31. The van der Waals surface area contributed by atoms with Crippen LogP contribution in [0.25, 0.3) is 10.1 Å². The van der Waals surface area contributed by atoms with Gasteiger partial charge in [-0.3, -0.25) is 9.58 Å². The zero-order valence-electron chi connectivity index (χ0n) is 26.3. The number of aliphatic carboxylic acids is 1. The number of carboxylic acids is 1. The first-order chi connectivity index (χ1) is 22.2. The third-order valence-electron chi connectivity index (χ3n) is 7.22. The van der Waals surface area contributed by atoms with E-state index in [4.69, 9.17) is 20.7 Å². The van der Waals surface area contributed by atoms with E-state index in [0.717, 1.165) is 37.0 Å². The van der Waals surface area contributed by atoms with Crippen molar-refractivity contribution in [1.82, 2.24) is 15.1 Å².